The number of aryl methyl sites for hydroxylation is 1. The molecule has 2 aliphatic rings. The number of likely N-dealkylation sites (tertiary alicyclic amines) is 1. The number of carboxylic acids is 1. The van der Waals surface area contributed by atoms with Crippen LogP contribution in [0.5, 0.6) is 5.75 Å². The van der Waals surface area contributed by atoms with E-state index in [0.29, 0.717) is 30.8 Å². The van der Waals surface area contributed by atoms with Gasteiger partial charge in [0.1, 0.15) is 5.75 Å². The van der Waals surface area contributed by atoms with Crippen molar-refractivity contribution in [3.63, 3.8) is 0 Å². The third kappa shape index (κ3) is 3.02. The van der Waals surface area contributed by atoms with Crippen LogP contribution in [-0.2, 0) is 18.3 Å². The topological polar surface area (TPSA) is 117 Å². The first kappa shape index (κ1) is 19.7. The number of aromatic amines is 1. The number of ether oxygens (including phenoxy) is 1. The number of carboxylic acid groups (broad SMARTS) is 1. The van der Waals surface area contributed by atoms with Gasteiger partial charge in [-0.05, 0) is 55.3 Å². The van der Waals surface area contributed by atoms with E-state index in [1.165, 1.54) is 0 Å². The summed E-state index contributed by atoms with van der Waals surface area (Å²) in [6.45, 7) is 1.86. The van der Waals surface area contributed by atoms with Gasteiger partial charge >= 0.3 is 5.97 Å². The molecule has 4 N–H and O–H groups in total. The molecule has 0 unspecified atom stereocenters. The minimum absolute atomic E-state index is 0.365. The summed E-state index contributed by atoms with van der Waals surface area (Å²) in [5.41, 5.74) is 11.1. The molecule has 3 aromatic rings. The molecule has 0 radical (unpaired) electrons. The van der Waals surface area contributed by atoms with E-state index in [1.54, 1.807) is 7.11 Å². The average Bonchev–Trinajstić information content (AvgIpc) is 3.17. The number of nitrogens with zero attached hydrogens (tertiary/aromatic N) is 3. The van der Waals surface area contributed by atoms with Gasteiger partial charge < -0.3 is 25.5 Å². The number of H-pyrrole nitrogens is 1. The number of aromatic nitrogens is 3. The van der Waals surface area contributed by atoms with Crippen molar-refractivity contribution in [3.8, 4) is 28.5 Å². The second-order valence-electron chi connectivity index (χ2n) is 8.49. The third-order valence-electron chi connectivity index (χ3n) is 6.48. The van der Waals surface area contributed by atoms with Crippen molar-refractivity contribution in [2.45, 2.75) is 18.3 Å². The lowest BCUT2D eigenvalue weighted by Gasteiger charge is -2.48. The van der Waals surface area contributed by atoms with E-state index in [2.05, 4.69) is 14.9 Å². The number of nitrogens with one attached hydrogen (secondary N) is 1. The molecule has 3 heterocycles. The molecule has 0 saturated carbocycles. The van der Waals surface area contributed by atoms with E-state index in [-0.39, 0.29) is 5.41 Å². The van der Waals surface area contributed by atoms with E-state index >= 15 is 0 Å². The van der Waals surface area contributed by atoms with Crippen molar-refractivity contribution in [2.75, 3.05) is 33.8 Å². The number of fused-ring (bicyclic) bond motifs is 3. The molecule has 2 aromatic heterocycles. The monoisotopic (exact) mass is 419 g/mol. The Morgan fingerprint density at radius 1 is 1.29 bits per heavy atom. The summed E-state index contributed by atoms with van der Waals surface area (Å²) >= 11 is 0. The predicted octanol–water partition coefficient (Wildman–Crippen LogP) is 2.09. The molecule has 31 heavy (non-hydrogen) atoms. The summed E-state index contributed by atoms with van der Waals surface area (Å²) in [6.07, 6.45) is 3.20. The quantitative estimate of drug-likeness (QED) is 0.580. The van der Waals surface area contributed by atoms with E-state index in [9.17, 15) is 9.90 Å². The van der Waals surface area contributed by atoms with Gasteiger partial charge in [0.15, 0.2) is 5.82 Å². The number of hydrogen-bond donors (Lipinski definition) is 3. The van der Waals surface area contributed by atoms with Gasteiger partial charge in [0, 0.05) is 42.5 Å². The molecular formula is C23H25N5O3. The van der Waals surface area contributed by atoms with E-state index < -0.39 is 5.97 Å². The molecule has 0 spiro atoms. The minimum atomic E-state index is -0.914. The molecule has 5 rings (SSSR count). The van der Waals surface area contributed by atoms with Crippen LogP contribution < -0.4 is 10.5 Å². The number of nitrogens with two attached hydrogens (primary N) is 1. The summed E-state index contributed by atoms with van der Waals surface area (Å²) < 4.78 is 5.23. The highest BCUT2D eigenvalue weighted by Gasteiger charge is 2.46. The van der Waals surface area contributed by atoms with Gasteiger partial charge in [-0.25, -0.2) is 14.8 Å². The number of carbonyl (C=O) groups is 1. The Morgan fingerprint density at radius 2 is 2.03 bits per heavy atom. The first-order valence-electron chi connectivity index (χ1n) is 10.3. The lowest BCUT2D eigenvalue weighted by atomic mass is 9.75. The van der Waals surface area contributed by atoms with Gasteiger partial charge in [-0.3, -0.25) is 0 Å². The lowest BCUT2D eigenvalue weighted by molar-refractivity contribution is 0.0672. The second kappa shape index (κ2) is 7.18. The van der Waals surface area contributed by atoms with Crippen molar-refractivity contribution in [1.82, 2.24) is 19.9 Å². The van der Waals surface area contributed by atoms with E-state index in [1.807, 2.05) is 37.5 Å². The Labute approximate surface area is 180 Å². The highest BCUT2D eigenvalue weighted by atomic mass is 16.5. The fraction of sp³-hybridized carbons (Fsp3) is 0.348. The standard InChI is InChI=1S/C23H25N5O3/c1-28-11-23(10-24,12-28)20-17(22(29)30)16-8-5-14-9-25-21(27-18(14)19(16)26-20)13-3-6-15(31-2)7-4-13/h3-4,6-7,9,26H,5,8,10-12,24H2,1-2H3,(H,29,30). The largest absolute Gasteiger partial charge is 0.497 e. The molecule has 1 aromatic carbocycles. The number of aromatic carboxylic acids is 1. The lowest BCUT2D eigenvalue weighted by Crippen LogP contribution is -2.61. The zero-order valence-electron chi connectivity index (χ0n) is 17.6. The maximum Gasteiger partial charge on any atom is 0.337 e. The van der Waals surface area contributed by atoms with Crippen molar-refractivity contribution >= 4 is 5.97 Å². The molecule has 0 amide bonds. The molecule has 160 valence electrons. The Hall–Kier alpha value is -3.23. The van der Waals surface area contributed by atoms with Crippen LogP contribution in [0.25, 0.3) is 22.8 Å². The summed E-state index contributed by atoms with van der Waals surface area (Å²) in [7, 11) is 3.64. The van der Waals surface area contributed by atoms with Crippen molar-refractivity contribution < 1.29 is 14.6 Å². The van der Waals surface area contributed by atoms with Crippen LogP contribution in [0.4, 0.5) is 0 Å². The number of methoxy groups -OCH3 is 1. The van der Waals surface area contributed by atoms with Crippen LogP contribution in [0, 0.1) is 0 Å². The Morgan fingerprint density at radius 3 is 2.65 bits per heavy atom. The molecule has 8 heteroatoms. The van der Waals surface area contributed by atoms with Crippen LogP contribution in [-0.4, -0.2) is 64.7 Å². The highest BCUT2D eigenvalue weighted by Crippen LogP contribution is 2.42. The summed E-state index contributed by atoms with van der Waals surface area (Å²) in [6, 6.07) is 7.58. The minimum Gasteiger partial charge on any atom is -0.497 e. The summed E-state index contributed by atoms with van der Waals surface area (Å²) in [5.74, 6) is 0.448. The van der Waals surface area contributed by atoms with Crippen molar-refractivity contribution in [2.24, 2.45) is 5.73 Å². The Balaban J connectivity index is 1.64. The normalized spacial score (nSPS) is 16.9. The van der Waals surface area contributed by atoms with Gasteiger partial charge in [0.2, 0.25) is 0 Å². The molecule has 1 saturated heterocycles. The third-order valence-corrected chi connectivity index (χ3v) is 6.48. The Kier molecular flexibility index (Phi) is 4.56. The first-order valence-corrected chi connectivity index (χ1v) is 10.3. The van der Waals surface area contributed by atoms with Gasteiger partial charge in [-0.1, -0.05) is 0 Å². The second-order valence-corrected chi connectivity index (χ2v) is 8.49. The van der Waals surface area contributed by atoms with Crippen LogP contribution >= 0.6 is 0 Å². The van der Waals surface area contributed by atoms with Crippen molar-refractivity contribution in [3.05, 3.63) is 52.8 Å². The summed E-state index contributed by atoms with van der Waals surface area (Å²) in [4.78, 5) is 27.3. The number of benzene rings is 1. The number of likely N-dealkylation sites (N-methyl/N-ethyl adjacent to an activating group) is 1. The first-order chi connectivity index (χ1) is 15.0. The molecule has 1 fully saturated rings. The molecule has 0 atom stereocenters. The fourth-order valence-corrected chi connectivity index (χ4v) is 4.95. The average molecular weight is 419 g/mol. The number of hydrogen-bond acceptors (Lipinski definition) is 6. The van der Waals surface area contributed by atoms with Gasteiger partial charge in [-0.15, -0.1) is 0 Å². The summed E-state index contributed by atoms with van der Waals surface area (Å²) in [5, 5.41) is 10.1. The van der Waals surface area contributed by atoms with Crippen LogP contribution in [0.3, 0.4) is 0 Å². The predicted molar refractivity (Wildman–Crippen MR) is 116 cm³/mol. The van der Waals surface area contributed by atoms with E-state index in [4.69, 9.17) is 15.5 Å². The SMILES string of the molecule is COc1ccc(-c2ncc3c(n2)-c2[nH]c(C4(CN)CN(C)C4)c(C(=O)O)c2CC3)cc1. The van der Waals surface area contributed by atoms with Crippen LogP contribution in [0.2, 0.25) is 0 Å². The maximum absolute atomic E-state index is 12.3. The molecule has 8 nitrogen and oxygen atoms in total. The zero-order chi connectivity index (χ0) is 21.8. The van der Waals surface area contributed by atoms with E-state index in [0.717, 1.165) is 52.6 Å². The molecule has 1 aliphatic carbocycles. The highest BCUT2D eigenvalue weighted by molar-refractivity contribution is 5.95. The molecule has 1 aliphatic heterocycles. The van der Waals surface area contributed by atoms with Gasteiger partial charge in [0.05, 0.1) is 24.1 Å². The maximum atomic E-state index is 12.3. The molecular weight excluding hydrogens is 394 g/mol. The smallest absolute Gasteiger partial charge is 0.337 e. The zero-order valence-corrected chi connectivity index (χ0v) is 17.6. The number of rotatable bonds is 5. The fourth-order valence-electron chi connectivity index (χ4n) is 4.95. The van der Waals surface area contributed by atoms with Crippen LogP contribution in [0.15, 0.2) is 30.5 Å². The Bertz CT molecular complexity index is 1160. The molecule has 0 bridgehead atoms. The van der Waals surface area contributed by atoms with Crippen LogP contribution in [0.1, 0.15) is 27.2 Å². The van der Waals surface area contributed by atoms with Gasteiger partial charge in [-0.2, -0.15) is 0 Å². The van der Waals surface area contributed by atoms with Gasteiger partial charge in [0.25, 0.3) is 0 Å². The van der Waals surface area contributed by atoms with Crippen molar-refractivity contribution in [1.29, 1.82) is 0 Å².